The molecule has 32 heavy (non-hydrogen) atoms. The summed E-state index contributed by atoms with van der Waals surface area (Å²) in [7, 11) is 0. The van der Waals surface area contributed by atoms with Gasteiger partial charge in [-0.15, -0.1) is 0 Å². The molecule has 170 valence electrons. The number of hydrogen-bond acceptors (Lipinski definition) is 5. The molecule has 5 aliphatic rings. The summed E-state index contributed by atoms with van der Waals surface area (Å²) in [6, 6.07) is 6.27. The van der Waals surface area contributed by atoms with E-state index in [0.29, 0.717) is 30.7 Å². The molecule has 6 rings (SSSR count). The van der Waals surface area contributed by atoms with Gasteiger partial charge in [0.05, 0.1) is 0 Å². The molecule has 1 aromatic rings. The van der Waals surface area contributed by atoms with E-state index in [2.05, 4.69) is 21.6 Å². The van der Waals surface area contributed by atoms with Gasteiger partial charge in [-0.05, 0) is 80.1 Å². The molecule has 7 nitrogen and oxygen atoms in total. The highest BCUT2D eigenvalue weighted by atomic mass is 16.2. The SMILES string of the molecule is O=C1CCC(N2Cc3c(CC4CC5(C4)CN(C4CCNCC4)C5)cccc3C2=O)C(=O)N1. The number of nitrogens with one attached hydrogen (secondary N) is 2. The highest BCUT2D eigenvalue weighted by molar-refractivity contribution is 6.05. The molecule has 3 saturated heterocycles. The van der Waals surface area contributed by atoms with Crippen LogP contribution in [0.15, 0.2) is 18.2 Å². The second-order valence-electron chi connectivity index (χ2n) is 10.7. The number of imide groups is 1. The van der Waals surface area contributed by atoms with Crippen LogP contribution in [0.1, 0.15) is 60.0 Å². The Morgan fingerprint density at radius 1 is 1.03 bits per heavy atom. The Kier molecular flexibility index (Phi) is 4.88. The summed E-state index contributed by atoms with van der Waals surface area (Å²) in [6.07, 6.45) is 6.89. The van der Waals surface area contributed by atoms with Crippen molar-refractivity contribution in [1.82, 2.24) is 20.4 Å². The number of likely N-dealkylation sites (tertiary alicyclic amines) is 1. The Hall–Kier alpha value is -2.25. The first kappa shape index (κ1) is 20.4. The zero-order valence-corrected chi connectivity index (χ0v) is 18.6. The van der Waals surface area contributed by atoms with Gasteiger partial charge >= 0.3 is 0 Å². The van der Waals surface area contributed by atoms with Crippen LogP contribution < -0.4 is 10.6 Å². The first-order valence-electron chi connectivity index (χ1n) is 12.2. The van der Waals surface area contributed by atoms with Crippen LogP contribution in [0.4, 0.5) is 0 Å². The molecular formula is C25H32N4O3. The Bertz CT molecular complexity index is 956. The van der Waals surface area contributed by atoms with Gasteiger partial charge in [-0.25, -0.2) is 0 Å². The molecule has 7 heteroatoms. The molecule has 0 bridgehead atoms. The van der Waals surface area contributed by atoms with Gasteiger partial charge in [0.2, 0.25) is 11.8 Å². The average Bonchev–Trinajstić information content (AvgIpc) is 3.07. The molecule has 4 aliphatic heterocycles. The van der Waals surface area contributed by atoms with Gasteiger partial charge in [-0.2, -0.15) is 0 Å². The van der Waals surface area contributed by atoms with Gasteiger partial charge in [0.1, 0.15) is 6.04 Å². The lowest BCUT2D eigenvalue weighted by Gasteiger charge is -2.61. The highest BCUT2D eigenvalue weighted by Gasteiger charge is 2.53. The summed E-state index contributed by atoms with van der Waals surface area (Å²) in [4.78, 5) is 41.2. The van der Waals surface area contributed by atoms with Crippen molar-refractivity contribution in [3.05, 3.63) is 34.9 Å². The first-order valence-corrected chi connectivity index (χ1v) is 12.2. The molecule has 1 saturated carbocycles. The number of carbonyl (C=O) groups excluding carboxylic acids is 3. The summed E-state index contributed by atoms with van der Waals surface area (Å²) < 4.78 is 0. The van der Waals surface area contributed by atoms with E-state index in [0.717, 1.165) is 36.7 Å². The zero-order chi connectivity index (χ0) is 21.9. The summed E-state index contributed by atoms with van der Waals surface area (Å²) in [5, 5.41) is 5.85. The number of rotatable bonds is 4. The molecular weight excluding hydrogens is 404 g/mol. The minimum atomic E-state index is -0.539. The van der Waals surface area contributed by atoms with E-state index < -0.39 is 6.04 Å². The standard InChI is InChI=1S/C25H32N4O3/c30-22-5-4-21(23(31)27-22)29-13-20-17(2-1-3-19(20)24(29)32)10-16-11-25(12-16)14-28(15-25)18-6-8-26-9-7-18/h1-3,16,18,21,26H,4-15H2,(H,27,30,31). The highest BCUT2D eigenvalue weighted by Crippen LogP contribution is 2.54. The second kappa shape index (κ2) is 7.66. The number of amides is 3. The Labute approximate surface area is 188 Å². The van der Waals surface area contributed by atoms with Crippen molar-refractivity contribution in [2.75, 3.05) is 26.2 Å². The van der Waals surface area contributed by atoms with Crippen molar-refractivity contribution in [2.45, 2.75) is 63.6 Å². The van der Waals surface area contributed by atoms with Crippen molar-refractivity contribution >= 4 is 17.7 Å². The van der Waals surface area contributed by atoms with E-state index >= 15 is 0 Å². The predicted octanol–water partition coefficient (Wildman–Crippen LogP) is 1.45. The summed E-state index contributed by atoms with van der Waals surface area (Å²) in [5.74, 6) is 0.0346. The molecule has 1 atom stereocenters. The monoisotopic (exact) mass is 436 g/mol. The fourth-order valence-corrected chi connectivity index (χ4v) is 6.96. The first-order chi connectivity index (χ1) is 15.5. The number of hydrogen-bond donors (Lipinski definition) is 2. The molecule has 1 spiro atoms. The van der Waals surface area contributed by atoms with Crippen LogP contribution in [-0.4, -0.2) is 65.8 Å². The van der Waals surface area contributed by atoms with Crippen LogP contribution in [-0.2, 0) is 22.6 Å². The molecule has 4 fully saturated rings. The quantitative estimate of drug-likeness (QED) is 0.699. The molecule has 2 N–H and O–H groups in total. The van der Waals surface area contributed by atoms with Crippen LogP contribution in [0.5, 0.6) is 0 Å². The molecule has 1 unspecified atom stereocenters. The minimum Gasteiger partial charge on any atom is -0.322 e. The van der Waals surface area contributed by atoms with Crippen LogP contribution >= 0.6 is 0 Å². The summed E-state index contributed by atoms with van der Waals surface area (Å²) >= 11 is 0. The third-order valence-corrected chi connectivity index (χ3v) is 8.53. The fourth-order valence-electron chi connectivity index (χ4n) is 6.96. The normalized spacial score (nSPS) is 28.4. The van der Waals surface area contributed by atoms with E-state index in [1.54, 1.807) is 4.90 Å². The average molecular weight is 437 g/mol. The molecule has 1 aromatic carbocycles. The fraction of sp³-hybridized carbons (Fsp3) is 0.640. The molecule has 0 aromatic heterocycles. The Morgan fingerprint density at radius 2 is 1.81 bits per heavy atom. The number of benzene rings is 1. The van der Waals surface area contributed by atoms with Gasteiger partial charge in [-0.3, -0.25) is 24.6 Å². The van der Waals surface area contributed by atoms with Crippen LogP contribution in [0.2, 0.25) is 0 Å². The van der Waals surface area contributed by atoms with Crippen LogP contribution in [0, 0.1) is 11.3 Å². The third kappa shape index (κ3) is 3.37. The van der Waals surface area contributed by atoms with E-state index in [1.165, 1.54) is 44.3 Å². The lowest BCUT2D eigenvalue weighted by atomic mass is 9.56. The van der Waals surface area contributed by atoms with E-state index in [9.17, 15) is 14.4 Å². The van der Waals surface area contributed by atoms with Crippen molar-refractivity contribution < 1.29 is 14.4 Å². The van der Waals surface area contributed by atoms with E-state index in [4.69, 9.17) is 0 Å². The number of nitrogens with zero attached hydrogens (tertiary/aromatic N) is 2. The van der Waals surface area contributed by atoms with Gasteiger partial charge < -0.3 is 10.2 Å². The van der Waals surface area contributed by atoms with Crippen molar-refractivity contribution in [3.8, 4) is 0 Å². The second-order valence-corrected chi connectivity index (χ2v) is 10.7. The molecule has 1 aliphatic carbocycles. The van der Waals surface area contributed by atoms with Crippen molar-refractivity contribution in [2.24, 2.45) is 11.3 Å². The number of fused-ring (bicyclic) bond motifs is 1. The van der Waals surface area contributed by atoms with Crippen LogP contribution in [0.25, 0.3) is 0 Å². The maximum absolute atomic E-state index is 13.0. The maximum Gasteiger partial charge on any atom is 0.255 e. The maximum atomic E-state index is 13.0. The topological polar surface area (TPSA) is 81.8 Å². The van der Waals surface area contributed by atoms with Crippen molar-refractivity contribution in [1.29, 1.82) is 0 Å². The minimum absolute atomic E-state index is 0.0713. The largest absolute Gasteiger partial charge is 0.322 e. The van der Waals surface area contributed by atoms with Crippen LogP contribution in [0.3, 0.4) is 0 Å². The lowest BCUT2D eigenvalue weighted by molar-refractivity contribution is -0.136. The lowest BCUT2D eigenvalue weighted by Crippen LogP contribution is -2.65. The molecule has 0 radical (unpaired) electrons. The summed E-state index contributed by atoms with van der Waals surface area (Å²) in [5.41, 5.74) is 3.64. The smallest absolute Gasteiger partial charge is 0.255 e. The van der Waals surface area contributed by atoms with E-state index in [1.807, 2.05) is 12.1 Å². The van der Waals surface area contributed by atoms with Crippen molar-refractivity contribution in [3.63, 3.8) is 0 Å². The van der Waals surface area contributed by atoms with Gasteiger partial charge in [0, 0.05) is 37.7 Å². The molecule has 4 heterocycles. The Balaban J connectivity index is 1.08. The summed E-state index contributed by atoms with van der Waals surface area (Å²) in [6.45, 7) is 5.33. The van der Waals surface area contributed by atoms with E-state index in [-0.39, 0.29) is 17.7 Å². The van der Waals surface area contributed by atoms with Gasteiger partial charge in [0.15, 0.2) is 0 Å². The number of carbonyl (C=O) groups is 3. The van der Waals surface area contributed by atoms with Gasteiger partial charge in [0.25, 0.3) is 5.91 Å². The van der Waals surface area contributed by atoms with Gasteiger partial charge in [-0.1, -0.05) is 12.1 Å². The number of piperidine rings is 2. The predicted molar refractivity (Wildman–Crippen MR) is 119 cm³/mol. The Morgan fingerprint density at radius 3 is 2.56 bits per heavy atom. The molecule has 3 amide bonds. The zero-order valence-electron chi connectivity index (χ0n) is 18.6. The third-order valence-electron chi connectivity index (χ3n) is 8.53.